The second kappa shape index (κ2) is 7.60. The number of hydrogen-bond acceptors (Lipinski definition) is 2. The van der Waals surface area contributed by atoms with Crippen molar-refractivity contribution < 1.29 is 8.42 Å². The Hall–Kier alpha value is -0.870. The average Bonchev–Trinajstić information content (AvgIpc) is 2.43. The molecular weight excluding hydrogens is 294 g/mol. The SMILES string of the molecule is CCCCCC[C@@](C)(NS(=O)(=O)C(C)(C)C)c1ccccc1. The molecule has 1 atom stereocenters. The van der Waals surface area contributed by atoms with E-state index in [0.717, 1.165) is 24.8 Å². The van der Waals surface area contributed by atoms with E-state index in [9.17, 15) is 8.42 Å². The standard InChI is InChI=1S/C18H31NO2S/c1-6-7-8-12-15-18(5,16-13-10-9-11-14-16)19-22(20,21)17(2,3)4/h9-11,13-14,19H,6-8,12,15H2,1-5H3/t18-/m1/s1. The topological polar surface area (TPSA) is 46.2 Å². The predicted octanol–water partition coefficient (Wildman–Crippen LogP) is 4.59. The third-order valence-corrected chi connectivity index (χ3v) is 6.44. The summed E-state index contributed by atoms with van der Waals surface area (Å²) in [4.78, 5) is 0. The highest BCUT2D eigenvalue weighted by Crippen LogP contribution is 2.30. The first-order valence-electron chi connectivity index (χ1n) is 8.21. The van der Waals surface area contributed by atoms with Gasteiger partial charge in [-0.25, -0.2) is 13.1 Å². The molecule has 3 nitrogen and oxygen atoms in total. The van der Waals surface area contributed by atoms with E-state index in [0.29, 0.717) is 0 Å². The van der Waals surface area contributed by atoms with Crippen molar-refractivity contribution in [2.45, 2.75) is 77.0 Å². The van der Waals surface area contributed by atoms with Crippen molar-refractivity contribution in [3.8, 4) is 0 Å². The first-order valence-corrected chi connectivity index (χ1v) is 9.70. The first kappa shape index (κ1) is 19.2. The molecule has 0 aromatic heterocycles. The first-order chi connectivity index (χ1) is 10.1. The molecule has 4 heteroatoms. The van der Waals surface area contributed by atoms with Crippen LogP contribution in [0.1, 0.15) is 72.3 Å². The van der Waals surface area contributed by atoms with Crippen LogP contribution < -0.4 is 4.72 Å². The summed E-state index contributed by atoms with van der Waals surface area (Å²) in [5, 5.41) is 0. The molecule has 0 bridgehead atoms. The molecule has 0 aliphatic rings. The maximum absolute atomic E-state index is 12.6. The molecule has 0 aliphatic carbocycles. The van der Waals surface area contributed by atoms with Crippen molar-refractivity contribution in [3.05, 3.63) is 35.9 Å². The molecule has 1 N–H and O–H groups in total. The average molecular weight is 326 g/mol. The Labute approximate surface area is 136 Å². The molecule has 0 amide bonds. The Morgan fingerprint density at radius 3 is 2.05 bits per heavy atom. The quantitative estimate of drug-likeness (QED) is 0.711. The molecule has 0 saturated carbocycles. The smallest absolute Gasteiger partial charge is 0.212 e. The van der Waals surface area contributed by atoms with Crippen LogP contribution in [0.2, 0.25) is 0 Å². The molecule has 0 saturated heterocycles. The van der Waals surface area contributed by atoms with Crippen LogP contribution in [-0.4, -0.2) is 13.2 Å². The second-order valence-electron chi connectivity index (χ2n) is 7.23. The number of nitrogens with one attached hydrogen (secondary N) is 1. The molecule has 1 aromatic carbocycles. The van der Waals surface area contributed by atoms with Gasteiger partial charge >= 0.3 is 0 Å². The van der Waals surface area contributed by atoms with Crippen molar-refractivity contribution in [1.29, 1.82) is 0 Å². The Kier molecular flexibility index (Phi) is 6.63. The van der Waals surface area contributed by atoms with Gasteiger partial charge in [0.15, 0.2) is 0 Å². The van der Waals surface area contributed by atoms with E-state index in [-0.39, 0.29) is 0 Å². The Balaban J connectivity index is 3.02. The minimum atomic E-state index is -3.40. The van der Waals surface area contributed by atoms with Gasteiger partial charge in [0.1, 0.15) is 0 Å². The Morgan fingerprint density at radius 2 is 1.55 bits per heavy atom. The van der Waals surface area contributed by atoms with Gasteiger partial charge < -0.3 is 0 Å². The zero-order valence-electron chi connectivity index (χ0n) is 14.6. The summed E-state index contributed by atoms with van der Waals surface area (Å²) in [6.45, 7) is 9.38. The van der Waals surface area contributed by atoms with E-state index in [1.54, 1.807) is 20.8 Å². The van der Waals surface area contributed by atoms with Crippen molar-refractivity contribution in [2.24, 2.45) is 0 Å². The summed E-state index contributed by atoms with van der Waals surface area (Å²) < 4.78 is 27.4. The fourth-order valence-electron chi connectivity index (χ4n) is 2.42. The molecule has 1 aromatic rings. The molecule has 126 valence electrons. The maximum atomic E-state index is 12.6. The van der Waals surface area contributed by atoms with Crippen LogP contribution in [0.25, 0.3) is 0 Å². The molecule has 22 heavy (non-hydrogen) atoms. The fraction of sp³-hybridized carbons (Fsp3) is 0.667. The van der Waals surface area contributed by atoms with Gasteiger partial charge in [-0.15, -0.1) is 0 Å². The highest BCUT2D eigenvalue weighted by atomic mass is 32.2. The van der Waals surface area contributed by atoms with Gasteiger partial charge in [-0.3, -0.25) is 0 Å². The van der Waals surface area contributed by atoms with Gasteiger partial charge in [-0.05, 0) is 39.7 Å². The van der Waals surface area contributed by atoms with Crippen molar-refractivity contribution in [2.75, 3.05) is 0 Å². The van der Waals surface area contributed by atoms with E-state index in [1.165, 1.54) is 12.8 Å². The van der Waals surface area contributed by atoms with Gasteiger partial charge in [-0.2, -0.15) is 0 Å². The van der Waals surface area contributed by atoms with Crippen molar-refractivity contribution in [3.63, 3.8) is 0 Å². The largest absolute Gasteiger partial charge is 0.217 e. The van der Waals surface area contributed by atoms with Crippen LogP contribution in [0.3, 0.4) is 0 Å². The molecule has 0 fully saturated rings. The summed E-state index contributed by atoms with van der Waals surface area (Å²) in [5.41, 5.74) is 0.473. The monoisotopic (exact) mass is 325 g/mol. The maximum Gasteiger partial charge on any atom is 0.217 e. The van der Waals surface area contributed by atoms with Crippen LogP contribution in [0.15, 0.2) is 30.3 Å². The zero-order chi connectivity index (χ0) is 16.9. The summed E-state index contributed by atoms with van der Waals surface area (Å²) >= 11 is 0. The van der Waals surface area contributed by atoms with Crippen LogP contribution in [-0.2, 0) is 15.6 Å². The third-order valence-electron chi connectivity index (χ3n) is 4.11. The summed E-state index contributed by atoms with van der Waals surface area (Å²) in [7, 11) is -3.40. The number of unbranched alkanes of at least 4 members (excludes halogenated alkanes) is 3. The molecule has 0 radical (unpaired) electrons. The van der Waals surface area contributed by atoms with E-state index in [2.05, 4.69) is 11.6 Å². The Morgan fingerprint density at radius 1 is 0.955 bits per heavy atom. The lowest BCUT2D eigenvalue weighted by Gasteiger charge is -2.34. The summed E-state index contributed by atoms with van der Waals surface area (Å²) in [6.07, 6.45) is 5.33. The van der Waals surface area contributed by atoms with E-state index >= 15 is 0 Å². The Bertz CT molecular complexity index is 546. The molecule has 0 heterocycles. The van der Waals surface area contributed by atoms with E-state index in [4.69, 9.17) is 0 Å². The molecule has 0 unspecified atom stereocenters. The van der Waals surface area contributed by atoms with E-state index in [1.807, 2.05) is 37.3 Å². The molecular formula is C18H31NO2S. The van der Waals surface area contributed by atoms with Gasteiger partial charge in [0.25, 0.3) is 0 Å². The van der Waals surface area contributed by atoms with Crippen molar-refractivity contribution >= 4 is 10.0 Å². The highest BCUT2D eigenvalue weighted by Gasteiger charge is 2.37. The molecule has 1 rings (SSSR count). The van der Waals surface area contributed by atoms with Crippen LogP contribution in [0, 0.1) is 0 Å². The molecule has 0 aliphatic heterocycles. The lowest BCUT2D eigenvalue weighted by atomic mass is 9.87. The van der Waals surface area contributed by atoms with Gasteiger partial charge in [-0.1, -0.05) is 62.9 Å². The van der Waals surface area contributed by atoms with Gasteiger partial charge in [0.05, 0.1) is 10.3 Å². The predicted molar refractivity (Wildman–Crippen MR) is 94.4 cm³/mol. The number of rotatable bonds is 8. The second-order valence-corrected chi connectivity index (χ2v) is 9.66. The van der Waals surface area contributed by atoms with E-state index < -0.39 is 20.3 Å². The van der Waals surface area contributed by atoms with Crippen LogP contribution in [0.5, 0.6) is 0 Å². The lowest BCUT2D eigenvalue weighted by molar-refractivity contribution is 0.375. The third kappa shape index (κ3) is 5.10. The number of sulfonamides is 1. The fourth-order valence-corrected chi connectivity index (χ4v) is 3.53. The number of benzene rings is 1. The number of hydrogen-bond donors (Lipinski definition) is 1. The minimum Gasteiger partial charge on any atom is -0.212 e. The van der Waals surface area contributed by atoms with Crippen LogP contribution >= 0.6 is 0 Å². The van der Waals surface area contributed by atoms with Gasteiger partial charge in [0.2, 0.25) is 10.0 Å². The van der Waals surface area contributed by atoms with Crippen LogP contribution in [0.4, 0.5) is 0 Å². The zero-order valence-corrected chi connectivity index (χ0v) is 15.5. The summed E-state index contributed by atoms with van der Waals surface area (Å²) in [6, 6.07) is 9.89. The highest BCUT2D eigenvalue weighted by molar-refractivity contribution is 7.90. The van der Waals surface area contributed by atoms with Gasteiger partial charge in [0, 0.05) is 0 Å². The normalized spacial score (nSPS) is 15.5. The summed E-state index contributed by atoms with van der Waals surface area (Å²) in [5.74, 6) is 0. The molecule has 0 spiro atoms. The minimum absolute atomic E-state index is 0.554. The van der Waals surface area contributed by atoms with Crippen molar-refractivity contribution in [1.82, 2.24) is 4.72 Å². The lowest BCUT2D eigenvalue weighted by Crippen LogP contribution is -2.49.